The van der Waals surface area contributed by atoms with E-state index in [0.29, 0.717) is 10.7 Å². The number of thioether (sulfide) groups is 1. The molecule has 0 aliphatic carbocycles. The second-order valence-corrected chi connectivity index (χ2v) is 6.94. The first-order valence-corrected chi connectivity index (χ1v) is 8.31. The lowest BCUT2D eigenvalue weighted by molar-refractivity contribution is 0.102. The summed E-state index contributed by atoms with van der Waals surface area (Å²) in [5.74, 6) is 0.617. The molecule has 0 saturated heterocycles. The van der Waals surface area contributed by atoms with Gasteiger partial charge in [0.05, 0.1) is 11.8 Å². The number of carbonyl (C=O) groups excluding carboxylic acids is 1. The monoisotopic (exact) mass is 323 g/mol. The first-order chi connectivity index (χ1) is 9.81. The smallest absolute Gasteiger partial charge is 0.260 e. The predicted octanol–water partition coefficient (Wildman–Crippen LogP) is 3.74. The average Bonchev–Trinajstić information content (AvgIpc) is 3.19. The summed E-state index contributed by atoms with van der Waals surface area (Å²) in [6.45, 7) is 0. The third-order valence-corrected chi connectivity index (χ3v) is 5.41. The van der Waals surface area contributed by atoms with Crippen molar-refractivity contribution in [3.05, 3.63) is 46.5 Å². The predicted molar refractivity (Wildman–Crippen MR) is 80.5 cm³/mol. The maximum atomic E-state index is 11.8. The molecule has 0 unspecified atom stereocenters. The minimum Gasteiger partial charge on any atom is -0.472 e. The van der Waals surface area contributed by atoms with Gasteiger partial charge in [-0.15, -0.1) is 21.5 Å². The van der Waals surface area contributed by atoms with Crippen LogP contribution in [0, 0.1) is 0 Å². The second kappa shape index (κ2) is 6.21. The molecule has 3 heterocycles. The molecule has 0 aromatic carbocycles. The van der Waals surface area contributed by atoms with Crippen LogP contribution >= 0.6 is 34.4 Å². The third-order valence-electron chi connectivity index (χ3n) is 2.33. The molecule has 0 aliphatic rings. The van der Waals surface area contributed by atoms with E-state index in [2.05, 4.69) is 21.6 Å². The van der Waals surface area contributed by atoms with Gasteiger partial charge in [-0.1, -0.05) is 29.2 Å². The molecule has 0 fully saturated rings. The summed E-state index contributed by atoms with van der Waals surface area (Å²) in [4.78, 5) is 13.1. The number of amides is 1. The van der Waals surface area contributed by atoms with Gasteiger partial charge in [-0.3, -0.25) is 10.1 Å². The van der Waals surface area contributed by atoms with Crippen molar-refractivity contribution in [2.45, 2.75) is 10.1 Å². The van der Waals surface area contributed by atoms with Crippen molar-refractivity contribution in [3.8, 4) is 0 Å². The minimum absolute atomic E-state index is 0.246. The van der Waals surface area contributed by atoms with E-state index in [1.165, 1.54) is 28.7 Å². The highest BCUT2D eigenvalue weighted by molar-refractivity contribution is 8.00. The van der Waals surface area contributed by atoms with Crippen molar-refractivity contribution in [1.82, 2.24) is 10.2 Å². The Morgan fingerprint density at radius 3 is 3.10 bits per heavy atom. The number of aromatic nitrogens is 2. The van der Waals surface area contributed by atoms with E-state index in [1.54, 1.807) is 29.2 Å². The molecule has 0 bridgehead atoms. The Bertz CT molecular complexity index is 677. The van der Waals surface area contributed by atoms with Gasteiger partial charge in [-0.25, -0.2) is 0 Å². The van der Waals surface area contributed by atoms with Crippen LogP contribution in [-0.2, 0) is 5.75 Å². The Kier molecular flexibility index (Phi) is 4.14. The van der Waals surface area contributed by atoms with Crippen LogP contribution in [0.1, 0.15) is 15.2 Å². The zero-order valence-electron chi connectivity index (χ0n) is 10.1. The molecule has 8 heteroatoms. The zero-order chi connectivity index (χ0) is 13.8. The lowest BCUT2D eigenvalue weighted by Gasteiger charge is -1.96. The van der Waals surface area contributed by atoms with Crippen LogP contribution in [0.4, 0.5) is 5.13 Å². The number of furan rings is 1. The summed E-state index contributed by atoms with van der Waals surface area (Å²) in [7, 11) is 0. The molecule has 102 valence electrons. The third kappa shape index (κ3) is 3.27. The van der Waals surface area contributed by atoms with E-state index in [9.17, 15) is 4.79 Å². The Hall–Kier alpha value is -1.64. The molecular weight excluding hydrogens is 314 g/mol. The number of nitrogens with zero attached hydrogens (tertiary/aromatic N) is 2. The largest absolute Gasteiger partial charge is 0.472 e. The topological polar surface area (TPSA) is 68.0 Å². The van der Waals surface area contributed by atoms with Gasteiger partial charge in [-0.2, -0.15) is 0 Å². The van der Waals surface area contributed by atoms with Gasteiger partial charge < -0.3 is 4.42 Å². The van der Waals surface area contributed by atoms with E-state index in [1.807, 2.05) is 11.4 Å². The number of anilines is 1. The second-order valence-electron chi connectivity index (χ2n) is 3.71. The van der Waals surface area contributed by atoms with E-state index in [-0.39, 0.29) is 5.91 Å². The SMILES string of the molecule is O=C(Nc1nnc(SCc2cccs2)s1)c1ccoc1. The fourth-order valence-corrected chi connectivity index (χ4v) is 3.93. The van der Waals surface area contributed by atoms with Crippen molar-refractivity contribution in [3.63, 3.8) is 0 Å². The molecule has 3 aromatic heterocycles. The van der Waals surface area contributed by atoms with E-state index >= 15 is 0 Å². The van der Waals surface area contributed by atoms with Crippen LogP contribution in [-0.4, -0.2) is 16.1 Å². The molecular formula is C12H9N3O2S3. The summed E-state index contributed by atoms with van der Waals surface area (Å²) >= 11 is 4.69. The number of rotatable bonds is 5. The summed E-state index contributed by atoms with van der Waals surface area (Å²) in [5.41, 5.74) is 0.466. The fraction of sp³-hybridized carbons (Fsp3) is 0.0833. The zero-order valence-corrected chi connectivity index (χ0v) is 12.6. The molecule has 0 atom stereocenters. The number of nitrogens with one attached hydrogen (secondary N) is 1. The van der Waals surface area contributed by atoms with Gasteiger partial charge in [0.2, 0.25) is 5.13 Å². The van der Waals surface area contributed by atoms with E-state index in [0.717, 1.165) is 10.1 Å². The molecule has 20 heavy (non-hydrogen) atoms. The van der Waals surface area contributed by atoms with Crippen molar-refractivity contribution in [2.24, 2.45) is 0 Å². The quantitative estimate of drug-likeness (QED) is 0.572. The van der Waals surface area contributed by atoms with Crippen molar-refractivity contribution < 1.29 is 9.21 Å². The highest BCUT2D eigenvalue weighted by Crippen LogP contribution is 2.29. The number of carbonyl (C=O) groups is 1. The fourth-order valence-electron chi connectivity index (χ4n) is 1.41. The number of hydrogen-bond donors (Lipinski definition) is 1. The van der Waals surface area contributed by atoms with Gasteiger partial charge in [0, 0.05) is 10.6 Å². The van der Waals surface area contributed by atoms with Crippen molar-refractivity contribution in [2.75, 3.05) is 5.32 Å². The van der Waals surface area contributed by atoms with E-state index in [4.69, 9.17) is 4.42 Å². The molecule has 3 rings (SSSR count). The molecule has 3 aromatic rings. The Morgan fingerprint density at radius 2 is 2.35 bits per heavy atom. The van der Waals surface area contributed by atoms with Gasteiger partial charge in [0.1, 0.15) is 6.26 Å². The Morgan fingerprint density at radius 1 is 1.40 bits per heavy atom. The number of hydrogen-bond acceptors (Lipinski definition) is 7. The lowest BCUT2D eigenvalue weighted by Crippen LogP contribution is -2.10. The van der Waals surface area contributed by atoms with Gasteiger partial charge in [0.15, 0.2) is 4.34 Å². The summed E-state index contributed by atoms with van der Waals surface area (Å²) in [6.07, 6.45) is 2.85. The van der Waals surface area contributed by atoms with Gasteiger partial charge in [-0.05, 0) is 17.5 Å². The van der Waals surface area contributed by atoms with Crippen LogP contribution in [0.25, 0.3) is 0 Å². The van der Waals surface area contributed by atoms with Crippen molar-refractivity contribution >= 4 is 45.5 Å². The highest BCUT2D eigenvalue weighted by atomic mass is 32.2. The Balaban J connectivity index is 1.58. The first kappa shape index (κ1) is 13.3. The van der Waals surface area contributed by atoms with E-state index < -0.39 is 0 Å². The summed E-state index contributed by atoms with van der Waals surface area (Å²) in [6, 6.07) is 5.71. The average molecular weight is 323 g/mol. The van der Waals surface area contributed by atoms with Crippen LogP contribution in [0.2, 0.25) is 0 Å². The van der Waals surface area contributed by atoms with Gasteiger partial charge >= 0.3 is 0 Å². The van der Waals surface area contributed by atoms with Crippen LogP contribution in [0.5, 0.6) is 0 Å². The summed E-state index contributed by atoms with van der Waals surface area (Å²) in [5, 5.41) is 13.2. The number of thiophene rings is 1. The molecule has 0 aliphatic heterocycles. The molecule has 1 amide bonds. The maximum Gasteiger partial charge on any atom is 0.260 e. The lowest BCUT2D eigenvalue weighted by atomic mass is 10.3. The molecule has 1 N–H and O–H groups in total. The van der Waals surface area contributed by atoms with Crippen molar-refractivity contribution in [1.29, 1.82) is 0 Å². The molecule has 0 spiro atoms. The minimum atomic E-state index is -0.246. The summed E-state index contributed by atoms with van der Waals surface area (Å²) < 4.78 is 5.70. The maximum absolute atomic E-state index is 11.8. The standard InChI is InChI=1S/C12H9N3O2S3/c16-10(8-3-4-17-6-8)13-11-14-15-12(20-11)19-7-9-2-1-5-18-9/h1-6H,7H2,(H,13,14,16). The molecule has 0 radical (unpaired) electrons. The van der Waals surface area contributed by atoms with Crippen LogP contribution < -0.4 is 5.32 Å². The van der Waals surface area contributed by atoms with Crippen LogP contribution in [0.15, 0.2) is 44.9 Å². The normalized spacial score (nSPS) is 10.6. The first-order valence-electron chi connectivity index (χ1n) is 5.63. The van der Waals surface area contributed by atoms with Gasteiger partial charge in [0.25, 0.3) is 5.91 Å². The Labute approximate surface area is 127 Å². The molecule has 0 saturated carbocycles. The highest BCUT2D eigenvalue weighted by Gasteiger charge is 2.11. The van der Waals surface area contributed by atoms with Crippen LogP contribution in [0.3, 0.4) is 0 Å². The molecule has 5 nitrogen and oxygen atoms in total.